The van der Waals surface area contributed by atoms with Crippen molar-refractivity contribution in [3.05, 3.63) is 53.1 Å². The van der Waals surface area contributed by atoms with Gasteiger partial charge in [0, 0.05) is 24.8 Å². The highest BCUT2D eigenvalue weighted by Gasteiger charge is 2.38. The van der Waals surface area contributed by atoms with E-state index in [9.17, 15) is 18.0 Å². The van der Waals surface area contributed by atoms with E-state index in [0.717, 1.165) is 11.3 Å². The maximum absolute atomic E-state index is 12.7. The smallest absolute Gasteiger partial charge is 0.388 e. The molecule has 1 aromatic rings. The van der Waals surface area contributed by atoms with Gasteiger partial charge in [0.25, 0.3) is 5.91 Å². The number of hydrogen-bond donors (Lipinski definition) is 2. The van der Waals surface area contributed by atoms with E-state index in [1.165, 1.54) is 6.08 Å². The highest BCUT2D eigenvalue weighted by molar-refractivity contribution is 5.94. The van der Waals surface area contributed by atoms with Gasteiger partial charge in [-0.3, -0.25) is 4.79 Å². The van der Waals surface area contributed by atoms with E-state index in [4.69, 9.17) is 0 Å². The van der Waals surface area contributed by atoms with E-state index >= 15 is 0 Å². The molecule has 1 aromatic carbocycles. The summed E-state index contributed by atoms with van der Waals surface area (Å²) in [4.78, 5) is 12.1. The van der Waals surface area contributed by atoms with Crippen LogP contribution in [0.5, 0.6) is 0 Å². The van der Waals surface area contributed by atoms with Crippen molar-refractivity contribution >= 4 is 11.6 Å². The van der Waals surface area contributed by atoms with Crippen molar-refractivity contribution in [1.29, 1.82) is 0 Å². The third-order valence-corrected chi connectivity index (χ3v) is 3.87. The molecule has 1 aliphatic carbocycles. The molecule has 3 nitrogen and oxygen atoms in total. The molecule has 0 fully saturated rings. The molecule has 2 rings (SSSR count). The number of rotatable bonds is 4. The number of halogens is 3. The Balaban J connectivity index is 1.94. The van der Waals surface area contributed by atoms with E-state index in [1.807, 2.05) is 0 Å². The van der Waals surface area contributed by atoms with Gasteiger partial charge in [-0.2, -0.15) is 13.2 Å². The summed E-state index contributed by atoms with van der Waals surface area (Å²) in [6, 6.07) is 6.96. The van der Waals surface area contributed by atoms with Gasteiger partial charge in [-0.25, -0.2) is 0 Å². The Morgan fingerprint density at radius 3 is 2.43 bits per heavy atom. The average molecular weight is 324 g/mol. The van der Waals surface area contributed by atoms with E-state index in [0.29, 0.717) is 11.1 Å². The van der Waals surface area contributed by atoms with Gasteiger partial charge in [-0.15, -0.1) is 0 Å². The van der Waals surface area contributed by atoms with Crippen molar-refractivity contribution in [2.75, 3.05) is 18.9 Å². The van der Waals surface area contributed by atoms with Crippen LogP contribution in [0.3, 0.4) is 0 Å². The first-order valence-electron chi connectivity index (χ1n) is 7.32. The lowest BCUT2D eigenvalue weighted by Gasteiger charge is -2.22. The summed E-state index contributed by atoms with van der Waals surface area (Å²) in [5, 5.41) is 5.70. The summed E-state index contributed by atoms with van der Waals surface area (Å²) in [6.45, 7) is 1.86. The maximum atomic E-state index is 12.7. The predicted octanol–water partition coefficient (Wildman–Crippen LogP) is 3.91. The predicted molar refractivity (Wildman–Crippen MR) is 84.3 cm³/mol. The molecular formula is C17H19F3N2O. The first-order valence-corrected chi connectivity index (χ1v) is 7.32. The van der Waals surface area contributed by atoms with Gasteiger partial charge in [-0.1, -0.05) is 12.2 Å². The molecule has 1 aliphatic rings. The Morgan fingerprint density at radius 1 is 1.26 bits per heavy atom. The molecule has 0 aliphatic heterocycles. The van der Waals surface area contributed by atoms with Crippen LogP contribution in [0.4, 0.5) is 18.9 Å². The Morgan fingerprint density at radius 2 is 1.91 bits per heavy atom. The largest absolute Gasteiger partial charge is 0.395 e. The fourth-order valence-electron chi connectivity index (χ4n) is 2.41. The van der Waals surface area contributed by atoms with Gasteiger partial charge in [0.05, 0.1) is 5.92 Å². The molecule has 0 unspecified atom stereocenters. The normalized spacial score (nSPS) is 18.0. The maximum Gasteiger partial charge on any atom is 0.395 e. The van der Waals surface area contributed by atoms with Crippen LogP contribution < -0.4 is 10.6 Å². The highest BCUT2D eigenvalue weighted by atomic mass is 19.4. The Kier molecular flexibility index (Phi) is 5.13. The second-order valence-corrected chi connectivity index (χ2v) is 5.47. The summed E-state index contributed by atoms with van der Waals surface area (Å²) < 4.78 is 38.1. The van der Waals surface area contributed by atoms with E-state index < -0.39 is 12.1 Å². The minimum atomic E-state index is -4.22. The van der Waals surface area contributed by atoms with E-state index in [2.05, 4.69) is 10.6 Å². The lowest BCUT2D eigenvalue weighted by atomic mass is 9.91. The lowest BCUT2D eigenvalue weighted by Crippen LogP contribution is -2.28. The zero-order valence-corrected chi connectivity index (χ0v) is 13.0. The van der Waals surface area contributed by atoms with Crippen molar-refractivity contribution in [2.45, 2.75) is 19.5 Å². The summed E-state index contributed by atoms with van der Waals surface area (Å²) in [5.41, 5.74) is 2.69. The van der Waals surface area contributed by atoms with Crippen LogP contribution in [0, 0.1) is 5.92 Å². The van der Waals surface area contributed by atoms with Crippen LogP contribution in [0.15, 0.2) is 47.6 Å². The number of carbonyl (C=O) groups excluding carboxylic acids is 1. The van der Waals surface area contributed by atoms with Crippen molar-refractivity contribution in [3.8, 4) is 0 Å². The van der Waals surface area contributed by atoms with Crippen LogP contribution in [0.1, 0.15) is 23.7 Å². The summed E-state index contributed by atoms with van der Waals surface area (Å²) in [6.07, 6.45) is -1.52. The third-order valence-electron chi connectivity index (χ3n) is 3.87. The molecule has 0 radical (unpaired) electrons. The second-order valence-electron chi connectivity index (χ2n) is 5.47. The molecule has 1 atom stereocenters. The quantitative estimate of drug-likeness (QED) is 0.881. The minimum absolute atomic E-state index is 0.0804. The van der Waals surface area contributed by atoms with E-state index in [-0.39, 0.29) is 18.9 Å². The molecule has 2 N–H and O–H groups in total. The van der Waals surface area contributed by atoms with Gasteiger partial charge in [-0.05, 0) is 48.8 Å². The molecule has 0 saturated heterocycles. The fraction of sp³-hybridized carbons (Fsp3) is 0.353. The van der Waals surface area contributed by atoms with Crippen LogP contribution in [-0.4, -0.2) is 25.7 Å². The highest BCUT2D eigenvalue weighted by Crippen LogP contribution is 2.35. The van der Waals surface area contributed by atoms with Crippen LogP contribution in [-0.2, 0) is 0 Å². The van der Waals surface area contributed by atoms with Crippen LogP contribution in [0.2, 0.25) is 0 Å². The zero-order chi connectivity index (χ0) is 17.0. The molecule has 0 bridgehead atoms. The van der Waals surface area contributed by atoms with Gasteiger partial charge < -0.3 is 10.6 Å². The Bertz CT molecular complexity index is 630. The van der Waals surface area contributed by atoms with E-state index in [1.54, 1.807) is 44.3 Å². The molecule has 0 aromatic heterocycles. The summed E-state index contributed by atoms with van der Waals surface area (Å²) in [5.74, 6) is -1.68. The molecule has 23 heavy (non-hydrogen) atoms. The molecule has 0 saturated carbocycles. The molecule has 0 spiro atoms. The molecule has 6 heteroatoms. The number of alkyl halides is 3. The molecule has 1 amide bonds. The van der Waals surface area contributed by atoms with Gasteiger partial charge in [0.1, 0.15) is 0 Å². The summed E-state index contributed by atoms with van der Waals surface area (Å²) >= 11 is 0. The Labute approximate surface area is 133 Å². The fourth-order valence-corrected chi connectivity index (χ4v) is 2.41. The number of nitrogens with one attached hydrogen (secondary N) is 2. The SMILES string of the molecule is CNc1ccc(C(=O)NCC2=CC[C@H](C(F)(F)F)C=C2C)cc1. The van der Waals surface area contributed by atoms with Crippen molar-refractivity contribution in [2.24, 2.45) is 5.92 Å². The lowest BCUT2D eigenvalue weighted by molar-refractivity contribution is -0.160. The Hall–Kier alpha value is -2.24. The first kappa shape index (κ1) is 17.1. The first-order chi connectivity index (χ1) is 10.8. The van der Waals surface area contributed by atoms with Crippen molar-refractivity contribution < 1.29 is 18.0 Å². The van der Waals surface area contributed by atoms with Gasteiger partial charge >= 0.3 is 6.18 Å². The zero-order valence-electron chi connectivity index (χ0n) is 13.0. The van der Waals surface area contributed by atoms with Crippen molar-refractivity contribution in [3.63, 3.8) is 0 Å². The monoisotopic (exact) mass is 324 g/mol. The summed E-state index contributed by atoms with van der Waals surface area (Å²) in [7, 11) is 1.79. The number of amides is 1. The minimum Gasteiger partial charge on any atom is -0.388 e. The number of carbonyl (C=O) groups is 1. The topological polar surface area (TPSA) is 41.1 Å². The van der Waals surface area contributed by atoms with Crippen molar-refractivity contribution in [1.82, 2.24) is 5.32 Å². The number of allylic oxidation sites excluding steroid dienone is 2. The number of anilines is 1. The molecule has 0 heterocycles. The number of hydrogen-bond acceptors (Lipinski definition) is 2. The second kappa shape index (κ2) is 6.89. The molecule has 124 valence electrons. The van der Waals surface area contributed by atoms with Gasteiger partial charge in [0.15, 0.2) is 0 Å². The third kappa shape index (κ3) is 4.37. The van der Waals surface area contributed by atoms with Crippen LogP contribution in [0.25, 0.3) is 0 Å². The van der Waals surface area contributed by atoms with Crippen LogP contribution >= 0.6 is 0 Å². The number of benzene rings is 1. The average Bonchev–Trinajstić information content (AvgIpc) is 2.52. The van der Waals surface area contributed by atoms with Gasteiger partial charge in [0.2, 0.25) is 0 Å². The molecular weight excluding hydrogens is 305 g/mol. The standard InChI is InChI=1S/C17H19F3N2O/c1-11-9-14(17(18,19)20)6-3-13(11)10-22-16(23)12-4-7-15(21-2)8-5-12/h3-5,7-9,14,21H,6,10H2,1-2H3,(H,22,23)/t14-/m0/s1.